The van der Waals surface area contributed by atoms with Gasteiger partial charge in [0.1, 0.15) is 5.75 Å². The number of fused-ring (bicyclic) bond motifs is 1. The van der Waals surface area contributed by atoms with Crippen LogP contribution in [0.3, 0.4) is 0 Å². The predicted molar refractivity (Wildman–Crippen MR) is 101 cm³/mol. The maximum absolute atomic E-state index is 12.4. The van der Waals surface area contributed by atoms with Gasteiger partial charge in [-0.3, -0.25) is 25.0 Å². The summed E-state index contributed by atoms with van der Waals surface area (Å²) < 4.78 is 5.30. The number of nitro benzene ring substituents is 1. The molecule has 2 aromatic carbocycles. The number of nitro groups is 2. The summed E-state index contributed by atoms with van der Waals surface area (Å²) in [6.07, 6.45) is 0. The van der Waals surface area contributed by atoms with E-state index in [2.05, 4.69) is 16.0 Å². The summed E-state index contributed by atoms with van der Waals surface area (Å²) in [5.41, 5.74) is 0.0503. The standard InChI is InChI=1S/C17H15N5O6/c1-2-28-12-6-3-10(4-7-12)18-17(23)15(22(26)27)16-19-13-8-5-11(21(24)25)9-14(13)20-16/h3-9,19-20H,2H2,1H3,(H,18,23). The number of hydrogen-bond acceptors (Lipinski definition) is 8. The molecule has 0 unspecified atom stereocenters. The molecule has 1 aliphatic rings. The lowest BCUT2D eigenvalue weighted by Crippen LogP contribution is -2.24. The van der Waals surface area contributed by atoms with Crippen molar-refractivity contribution in [3.63, 3.8) is 0 Å². The maximum atomic E-state index is 12.4. The van der Waals surface area contributed by atoms with E-state index in [-0.39, 0.29) is 17.2 Å². The normalized spacial score (nSPS) is 13.6. The third-order valence-corrected chi connectivity index (χ3v) is 3.79. The fourth-order valence-corrected chi connectivity index (χ4v) is 2.56. The lowest BCUT2D eigenvalue weighted by atomic mass is 10.2. The van der Waals surface area contributed by atoms with E-state index in [1.54, 1.807) is 24.3 Å². The molecule has 2 aromatic rings. The molecular formula is C17H15N5O6. The van der Waals surface area contributed by atoms with Gasteiger partial charge in [0.25, 0.3) is 5.69 Å². The number of benzene rings is 2. The van der Waals surface area contributed by atoms with Gasteiger partial charge in [-0.25, -0.2) is 0 Å². The van der Waals surface area contributed by atoms with Crippen LogP contribution >= 0.6 is 0 Å². The van der Waals surface area contributed by atoms with Gasteiger partial charge >= 0.3 is 11.6 Å². The van der Waals surface area contributed by atoms with Gasteiger partial charge in [0.2, 0.25) is 0 Å². The number of amides is 1. The van der Waals surface area contributed by atoms with E-state index >= 15 is 0 Å². The maximum Gasteiger partial charge on any atom is 0.373 e. The molecule has 0 aromatic heterocycles. The first-order valence-corrected chi connectivity index (χ1v) is 8.14. The third kappa shape index (κ3) is 3.82. The summed E-state index contributed by atoms with van der Waals surface area (Å²) in [6, 6.07) is 10.2. The van der Waals surface area contributed by atoms with Crippen molar-refractivity contribution in [1.29, 1.82) is 0 Å². The Morgan fingerprint density at radius 1 is 1.07 bits per heavy atom. The molecule has 0 saturated heterocycles. The van der Waals surface area contributed by atoms with Crippen molar-refractivity contribution < 1.29 is 19.4 Å². The second-order valence-electron chi connectivity index (χ2n) is 5.63. The van der Waals surface area contributed by atoms with Crippen LogP contribution in [-0.4, -0.2) is 22.4 Å². The monoisotopic (exact) mass is 385 g/mol. The average molecular weight is 385 g/mol. The van der Waals surface area contributed by atoms with Gasteiger partial charge in [-0.1, -0.05) is 0 Å². The molecule has 0 fully saturated rings. The highest BCUT2D eigenvalue weighted by molar-refractivity contribution is 6.04. The van der Waals surface area contributed by atoms with Crippen molar-refractivity contribution in [3.8, 4) is 5.75 Å². The van der Waals surface area contributed by atoms with Gasteiger partial charge in [-0.05, 0) is 37.3 Å². The number of nitrogens with one attached hydrogen (secondary N) is 3. The number of nitrogens with zero attached hydrogens (tertiary/aromatic N) is 2. The fourth-order valence-electron chi connectivity index (χ4n) is 2.56. The highest BCUT2D eigenvalue weighted by atomic mass is 16.6. The van der Waals surface area contributed by atoms with E-state index in [4.69, 9.17) is 4.74 Å². The topological polar surface area (TPSA) is 149 Å². The first-order chi connectivity index (χ1) is 13.4. The molecule has 3 N–H and O–H groups in total. The largest absolute Gasteiger partial charge is 0.494 e. The Bertz CT molecular complexity index is 986. The van der Waals surface area contributed by atoms with E-state index in [0.29, 0.717) is 23.7 Å². The van der Waals surface area contributed by atoms with Gasteiger partial charge in [0, 0.05) is 17.8 Å². The Hall–Kier alpha value is -4.15. The van der Waals surface area contributed by atoms with Gasteiger partial charge in [0.15, 0.2) is 5.82 Å². The smallest absolute Gasteiger partial charge is 0.373 e. The number of rotatable bonds is 6. The van der Waals surface area contributed by atoms with Crippen LogP contribution < -0.4 is 20.7 Å². The van der Waals surface area contributed by atoms with Crippen molar-refractivity contribution in [2.75, 3.05) is 22.6 Å². The Morgan fingerprint density at radius 2 is 1.75 bits per heavy atom. The number of anilines is 3. The number of ether oxygens (including phenoxy) is 1. The second-order valence-corrected chi connectivity index (χ2v) is 5.63. The molecule has 0 aliphatic carbocycles. The van der Waals surface area contributed by atoms with E-state index in [9.17, 15) is 25.0 Å². The van der Waals surface area contributed by atoms with E-state index in [0.717, 1.165) is 0 Å². The van der Waals surface area contributed by atoms with Crippen LogP contribution in [-0.2, 0) is 4.79 Å². The zero-order valence-electron chi connectivity index (χ0n) is 14.6. The summed E-state index contributed by atoms with van der Waals surface area (Å²) in [5, 5.41) is 30.1. The Kier molecular flexibility index (Phi) is 5.07. The quantitative estimate of drug-likeness (QED) is 0.390. The Morgan fingerprint density at radius 3 is 2.36 bits per heavy atom. The van der Waals surface area contributed by atoms with Crippen LogP contribution in [0, 0.1) is 20.2 Å². The van der Waals surface area contributed by atoms with Crippen LogP contribution in [0.1, 0.15) is 6.92 Å². The summed E-state index contributed by atoms with van der Waals surface area (Å²) in [5.74, 6) is -0.528. The van der Waals surface area contributed by atoms with Gasteiger partial charge < -0.3 is 20.7 Å². The minimum absolute atomic E-state index is 0.177. The molecule has 1 aliphatic heterocycles. The van der Waals surface area contributed by atoms with E-state index in [1.807, 2.05) is 6.92 Å². The van der Waals surface area contributed by atoms with E-state index in [1.165, 1.54) is 18.2 Å². The second kappa shape index (κ2) is 7.61. The first-order valence-electron chi connectivity index (χ1n) is 8.14. The molecule has 0 spiro atoms. The summed E-state index contributed by atoms with van der Waals surface area (Å²) in [4.78, 5) is 33.4. The lowest BCUT2D eigenvalue weighted by Gasteiger charge is -2.07. The molecule has 0 saturated carbocycles. The summed E-state index contributed by atoms with van der Waals surface area (Å²) in [6.45, 7) is 2.32. The van der Waals surface area contributed by atoms with Crippen LogP contribution in [0.4, 0.5) is 22.7 Å². The van der Waals surface area contributed by atoms with E-state index < -0.39 is 21.5 Å². The minimum Gasteiger partial charge on any atom is -0.494 e. The number of carbonyl (C=O) groups excluding carboxylic acids is 1. The van der Waals surface area contributed by atoms with Crippen LogP contribution in [0.2, 0.25) is 0 Å². The SMILES string of the molecule is CCOc1ccc(NC(=O)C(=C2Nc3ccc([N+](=O)[O-])cc3N2)[N+](=O)[O-])cc1. The van der Waals surface area contributed by atoms with Gasteiger partial charge in [-0.15, -0.1) is 0 Å². The molecule has 28 heavy (non-hydrogen) atoms. The molecule has 11 heteroatoms. The van der Waals surface area contributed by atoms with Crippen molar-refractivity contribution in [2.24, 2.45) is 0 Å². The molecule has 0 atom stereocenters. The minimum atomic E-state index is -0.952. The molecule has 3 rings (SSSR count). The van der Waals surface area contributed by atoms with Gasteiger partial charge in [0.05, 0.1) is 27.8 Å². The highest BCUT2D eigenvalue weighted by Crippen LogP contribution is 2.34. The third-order valence-electron chi connectivity index (χ3n) is 3.79. The lowest BCUT2D eigenvalue weighted by molar-refractivity contribution is -0.419. The zero-order chi connectivity index (χ0) is 20.3. The number of non-ortho nitro benzene ring substituents is 1. The number of hydrogen-bond donors (Lipinski definition) is 3. The molecular weight excluding hydrogens is 370 g/mol. The number of carbonyl (C=O) groups is 1. The van der Waals surface area contributed by atoms with Crippen LogP contribution in [0.25, 0.3) is 0 Å². The van der Waals surface area contributed by atoms with Crippen molar-refractivity contribution in [2.45, 2.75) is 6.92 Å². The van der Waals surface area contributed by atoms with Crippen LogP contribution in [0.15, 0.2) is 54.0 Å². The first kappa shape index (κ1) is 18.6. The molecule has 1 heterocycles. The van der Waals surface area contributed by atoms with Crippen LogP contribution in [0.5, 0.6) is 5.75 Å². The molecule has 0 bridgehead atoms. The van der Waals surface area contributed by atoms with Crippen molar-refractivity contribution in [3.05, 3.63) is 74.2 Å². The Labute approximate surface area is 158 Å². The highest BCUT2D eigenvalue weighted by Gasteiger charge is 2.32. The van der Waals surface area contributed by atoms with Gasteiger partial charge in [-0.2, -0.15) is 0 Å². The fraction of sp³-hybridized carbons (Fsp3) is 0.118. The average Bonchev–Trinajstić information content (AvgIpc) is 3.05. The molecule has 1 amide bonds. The molecule has 144 valence electrons. The molecule has 11 nitrogen and oxygen atoms in total. The molecule has 0 radical (unpaired) electrons. The summed E-state index contributed by atoms with van der Waals surface area (Å²) >= 11 is 0. The van der Waals surface area contributed by atoms with Crippen molar-refractivity contribution >= 4 is 28.7 Å². The summed E-state index contributed by atoms with van der Waals surface area (Å²) in [7, 11) is 0. The Balaban J connectivity index is 1.83. The predicted octanol–water partition coefficient (Wildman–Crippen LogP) is 2.92. The van der Waals surface area contributed by atoms with Crippen molar-refractivity contribution in [1.82, 2.24) is 0 Å². The zero-order valence-corrected chi connectivity index (χ0v) is 14.6.